The molecule has 0 radical (unpaired) electrons. The summed E-state index contributed by atoms with van der Waals surface area (Å²) < 4.78 is 27.8. The second-order valence-electron chi connectivity index (χ2n) is 9.58. The summed E-state index contributed by atoms with van der Waals surface area (Å²) in [5.41, 5.74) is 0.739. The van der Waals surface area contributed by atoms with Gasteiger partial charge in [-0.15, -0.1) is 0 Å². The number of ether oxygens (including phenoxy) is 5. The molecule has 1 saturated heterocycles. The molecule has 9 unspecified atom stereocenters. The lowest BCUT2D eigenvalue weighted by atomic mass is 9.83. The molecule has 2 heterocycles. The zero-order valence-electron chi connectivity index (χ0n) is 19.7. The predicted molar refractivity (Wildman–Crippen MR) is 115 cm³/mol. The Hall–Kier alpha value is -1.76. The number of carbonyl (C=O) groups is 2. The number of hydrogen-bond donors (Lipinski definition) is 4. The molecule has 11 nitrogen and oxygen atoms in total. The van der Waals surface area contributed by atoms with Crippen LogP contribution in [0.15, 0.2) is 11.8 Å². The van der Waals surface area contributed by atoms with Crippen molar-refractivity contribution in [3.8, 4) is 0 Å². The van der Waals surface area contributed by atoms with Crippen LogP contribution < -0.4 is 0 Å². The SMILES string of the molecule is CC(=O)OC1C(OCC2=COC(OC(=O)CC(C)C)C3C(CO)CCC23)OC(CO)C(O)C1O. The molecule has 0 aromatic rings. The first kappa shape index (κ1) is 26.8. The van der Waals surface area contributed by atoms with Crippen molar-refractivity contribution < 1.29 is 53.7 Å². The van der Waals surface area contributed by atoms with Crippen molar-refractivity contribution in [3.63, 3.8) is 0 Å². The van der Waals surface area contributed by atoms with Gasteiger partial charge in [-0.2, -0.15) is 0 Å². The summed E-state index contributed by atoms with van der Waals surface area (Å²) in [6, 6.07) is 0. The first-order chi connectivity index (χ1) is 16.2. The monoisotopic (exact) mass is 488 g/mol. The quantitative estimate of drug-likeness (QED) is 0.319. The molecule has 0 aromatic heterocycles. The predicted octanol–water partition coefficient (Wildman–Crippen LogP) is -0.162. The lowest BCUT2D eigenvalue weighted by molar-refractivity contribution is -0.302. The van der Waals surface area contributed by atoms with E-state index in [-0.39, 0.29) is 49.3 Å². The van der Waals surface area contributed by atoms with Gasteiger partial charge in [-0.25, -0.2) is 0 Å². The third-order valence-corrected chi connectivity index (χ3v) is 6.60. The van der Waals surface area contributed by atoms with E-state index in [9.17, 15) is 30.0 Å². The molecule has 2 fully saturated rings. The molecule has 11 heteroatoms. The number of aliphatic hydroxyl groups is 4. The maximum Gasteiger partial charge on any atom is 0.309 e. The number of hydrogen-bond acceptors (Lipinski definition) is 11. The molecule has 1 saturated carbocycles. The Morgan fingerprint density at radius 3 is 2.44 bits per heavy atom. The average Bonchev–Trinajstić information content (AvgIpc) is 3.21. The van der Waals surface area contributed by atoms with Crippen LogP contribution in [0, 0.1) is 23.7 Å². The van der Waals surface area contributed by atoms with Crippen LogP contribution >= 0.6 is 0 Å². The summed E-state index contributed by atoms with van der Waals surface area (Å²) in [6.45, 7) is 4.34. The molecule has 9 atom stereocenters. The van der Waals surface area contributed by atoms with Crippen LogP contribution in [0.1, 0.15) is 40.0 Å². The summed E-state index contributed by atoms with van der Waals surface area (Å²) in [4.78, 5) is 23.7. The highest BCUT2D eigenvalue weighted by Gasteiger charge is 2.49. The Labute approximate surface area is 198 Å². The van der Waals surface area contributed by atoms with Crippen molar-refractivity contribution in [1.29, 1.82) is 0 Å². The molecule has 4 N–H and O–H groups in total. The molecular weight excluding hydrogens is 452 g/mol. The van der Waals surface area contributed by atoms with Gasteiger partial charge in [-0.05, 0) is 36.2 Å². The fraction of sp³-hybridized carbons (Fsp3) is 0.826. The normalized spacial score (nSPS) is 37.5. The van der Waals surface area contributed by atoms with E-state index in [4.69, 9.17) is 23.7 Å². The third-order valence-electron chi connectivity index (χ3n) is 6.60. The van der Waals surface area contributed by atoms with Crippen LogP contribution in [0.2, 0.25) is 0 Å². The fourth-order valence-electron chi connectivity index (χ4n) is 4.94. The summed E-state index contributed by atoms with van der Waals surface area (Å²) >= 11 is 0. The first-order valence-electron chi connectivity index (χ1n) is 11.7. The van der Waals surface area contributed by atoms with Crippen LogP contribution in [0.4, 0.5) is 0 Å². The number of aliphatic hydroxyl groups excluding tert-OH is 4. The van der Waals surface area contributed by atoms with E-state index in [2.05, 4.69) is 0 Å². The minimum atomic E-state index is -1.51. The highest BCUT2D eigenvalue weighted by Crippen LogP contribution is 2.47. The van der Waals surface area contributed by atoms with Crippen molar-refractivity contribution in [2.45, 2.75) is 77.0 Å². The van der Waals surface area contributed by atoms with Gasteiger partial charge in [0.25, 0.3) is 0 Å². The number of fused-ring (bicyclic) bond motifs is 1. The number of esters is 2. The minimum absolute atomic E-state index is 0.0185. The van der Waals surface area contributed by atoms with Gasteiger partial charge in [0.1, 0.15) is 18.3 Å². The molecule has 0 spiro atoms. The summed E-state index contributed by atoms with van der Waals surface area (Å²) in [5, 5.41) is 39.8. The molecule has 0 bridgehead atoms. The van der Waals surface area contributed by atoms with Crippen molar-refractivity contribution >= 4 is 11.9 Å². The molecule has 0 amide bonds. The van der Waals surface area contributed by atoms with Gasteiger partial charge in [0.2, 0.25) is 6.29 Å². The van der Waals surface area contributed by atoms with E-state index in [1.807, 2.05) is 13.8 Å². The largest absolute Gasteiger partial charge is 0.462 e. The van der Waals surface area contributed by atoms with Crippen LogP contribution in [0.5, 0.6) is 0 Å². The van der Waals surface area contributed by atoms with Gasteiger partial charge in [0.15, 0.2) is 12.4 Å². The Morgan fingerprint density at radius 2 is 1.82 bits per heavy atom. The number of carbonyl (C=O) groups excluding carboxylic acids is 2. The zero-order chi connectivity index (χ0) is 25.0. The smallest absolute Gasteiger partial charge is 0.309 e. The number of rotatable bonds is 9. The topological polar surface area (TPSA) is 161 Å². The van der Waals surface area contributed by atoms with Crippen LogP contribution in [0.25, 0.3) is 0 Å². The van der Waals surface area contributed by atoms with E-state index < -0.39 is 49.6 Å². The molecule has 3 aliphatic rings. The van der Waals surface area contributed by atoms with Gasteiger partial charge >= 0.3 is 11.9 Å². The second kappa shape index (κ2) is 11.8. The summed E-state index contributed by atoms with van der Waals surface area (Å²) in [5.74, 6) is -1.36. The van der Waals surface area contributed by atoms with Crippen LogP contribution in [0.3, 0.4) is 0 Å². The Morgan fingerprint density at radius 1 is 1.09 bits per heavy atom. The molecule has 34 heavy (non-hydrogen) atoms. The molecule has 2 aliphatic heterocycles. The van der Waals surface area contributed by atoms with Crippen molar-refractivity contribution in [2.75, 3.05) is 19.8 Å². The molecule has 194 valence electrons. The van der Waals surface area contributed by atoms with Gasteiger partial charge in [0, 0.05) is 25.9 Å². The second-order valence-corrected chi connectivity index (χ2v) is 9.58. The highest BCUT2D eigenvalue weighted by atomic mass is 16.7. The van der Waals surface area contributed by atoms with E-state index in [1.54, 1.807) is 0 Å². The van der Waals surface area contributed by atoms with E-state index in [0.717, 1.165) is 25.3 Å². The molecule has 3 rings (SSSR count). The molecule has 0 aromatic carbocycles. The van der Waals surface area contributed by atoms with Gasteiger partial charge in [0.05, 0.1) is 19.5 Å². The van der Waals surface area contributed by atoms with Crippen molar-refractivity contribution in [3.05, 3.63) is 11.8 Å². The van der Waals surface area contributed by atoms with Crippen molar-refractivity contribution in [2.24, 2.45) is 23.7 Å². The Bertz CT molecular complexity index is 738. The summed E-state index contributed by atoms with van der Waals surface area (Å²) in [6.07, 6.45) is -4.25. The average molecular weight is 489 g/mol. The third kappa shape index (κ3) is 6.07. The standard InChI is InChI=1S/C23H36O11/c1-11(2)6-17(27)34-22-18-13(7-24)4-5-15(18)14(9-30-22)10-31-23-21(32-12(3)26)20(29)19(28)16(8-25)33-23/h9,11,13,15-16,18-25,28-29H,4-8,10H2,1-3H3. The minimum Gasteiger partial charge on any atom is -0.462 e. The van der Waals surface area contributed by atoms with Crippen LogP contribution in [-0.2, 0) is 33.3 Å². The lowest BCUT2D eigenvalue weighted by Crippen LogP contribution is -2.60. The lowest BCUT2D eigenvalue weighted by Gasteiger charge is -2.41. The first-order valence-corrected chi connectivity index (χ1v) is 11.7. The maximum atomic E-state index is 12.2. The fourth-order valence-corrected chi connectivity index (χ4v) is 4.94. The van der Waals surface area contributed by atoms with Crippen molar-refractivity contribution in [1.82, 2.24) is 0 Å². The molecular formula is C23H36O11. The van der Waals surface area contributed by atoms with E-state index in [1.165, 1.54) is 6.26 Å². The maximum absolute atomic E-state index is 12.2. The zero-order valence-corrected chi connectivity index (χ0v) is 19.7. The van der Waals surface area contributed by atoms with Gasteiger partial charge < -0.3 is 44.1 Å². The van der Waals surface area contributed by atoms with Gasteiger partial charge in [-0.1, -0.05) is 13.8 Å². The van der Waals surface area contributed by atoms with E-state index >= 15 is 0 Å². The molecule has 1 aliphatic carbocycles. The Balaban J connectivity index is 1.71. The Kier molecular flexibility index (Phi) is 9.30. The van der Waals surface area contributed by atoms with Crippen LogP contribution in [-0.4, -0.2) is 89.2 Å². The summed E-state index contributed by atoms with van der Waals surface area (Å²) in [7, 11) is 0. The van der Waals surface area contributed by atoms with Gasteiger partial charge in [-0.3, -0.25) is 9.59 Å². The highest BCUT2D eigenvalue weighted by molar-refractivity contribution is 5.69. The van der Waals surface area contributed by atoms with E-state index in [0.29, 0.717) is 0 Å².